The summed E-state index contributed by atoms with van der Waals surface area (Å²) in [5.74, 6) is 0. The van der Waals surface area contributed by atoms with Crippen LogP contribution >= 0.6 is 0 Å². The molecule has 2 rings (SSSR count). The minimum absolute atomic E-state index is 0.245. The van der Waals surface area contributed by atoms with Crippen molar-refractivity contribution in [3.63, 3.8) is 0 Å². The maximum Gasteiger partial charge on any atom is 0.416 e. The molecule has 0 fully saturated rings. The lowest BCUT2D eigenvalue weighted by atomic mass is 10.0. The number of rotatable bonds is 4. The van der Waals surface area contributed by atoms with Crippen molar-refractivity contribution in [3.05, 3.63) is 59.7 Å². The molecule has 0 aliphatic heterocycles. The molecule has 0 saturated carbocycles. The smallest absolute Gasteiger partial charge is 0.305 e. The maximum absolute atomic E-state index is 12.6. The fourth-order valence-corrected chi connectivity index (χ4v) is 1.93. The Bertz CT molecular complexity index is 538. The van der Waals surface area contributed by atoms with Crippen LogP contribution in [0.15, 0.2) is 42.9 Å². The Labute approximate surface area is 114 Å². The van der Waals surface area contributed by atoms with E-state index < -0.39 is 11.7 Å². The van der Waals surface area contributed by atoms with Crippen LogP contribution < -0.4 is 5.32 Å². The number of nitrogens with zero attached hydrogens (tertiary/aromatic N) is 2. The molecule has 0 aliphatic carbocycles. The first kappa shape index (κ1) is 14.5. The molecule has 20 heavy (non-hydrogen) atoms. The molecule has 1 unspecified atom stereocenters. The Kier molecular flexibility index (Phi) is 4.34. The van der Waals surface area contributed by atoms with Gasteiger partial charge in [0.15, 0.2) is 0 Å². The van der Waals surface area contributed by atoms with Crippen LogP contribution in [0.2, 0.25) is 0 Å². The normalized spacial score (nSPS) is 13.2. The molecular weight excluding hydrogens is 267 g/mol. The summed E-state index contributed by atoms with van der Waals surface area (Å²) in [6.07, 6.45) is -1.29. The lowest BCUT2D eigenvalue weighted by Gasteiger charge is -2.18. The van der Waals surface area contributed by atoms with Crippen LogP contribution in [0.5, 0.6) is 0 Å². The molecule has 3 nitrogen and oxygen atoms in total. The molecule has 106 valence electrons. The number of nitrogens with one attached hydrogen (secondary N) is 1. The number of hydrogen-bond donors (Lipinski definition) is 1. The monoisotopic (exact) mass is 281 g/mol. The second-order valence-electron chi connectivity index (χ2n) is 4.24. The summed E-state index contributed by atoms with van der Waals surface area (Å²) < 4.78 is 37.7. The van der Waals surface area contributed by atoms with E-state index in [1.165, 1.54) is 18.5 Å². The van der Waals surface area contributed by atoms with Crippen LogP contribution in [-0.2, 0) is 6.18 Å². The summed E-state index contributed by atoms with van der Waals surface area (Å²) in [6, 6.07) is 6.61. The number of alkyl halides is 3. The summed E-state index contributed by atoms with van der Waals surface area (Å²) in [4.78, 5) is 7.99. The first-order valence-electron chi connectivity index (χ1n) is 6.19. The molecule has 0 spiro atoms. The van der Waals surface area contributed by atoms with Gasteiger partial charge in [0.2, 0.25) is 0 Å². The molecular formula is C14H14F3N3. The zero-order valence-electron chi connectivity index (χ0n) is 10.9. The van der Waals surface area contributed by atoms with E-state index in [4.69, 9.17) is 0 Å². The van der Waals surface area contributed by atoms with Gasteiger partial charge in [-0.05, 0) is 30.3 Å². The van der Waals surface area contributed by atoms with Crippen molar-refractivity contribution < 1.29 is 13.2 Å². The molecule has 1 aromatic carbocycles. The minimum atomic E-state index is -4.32. The van der Waals surface area contributed by atoms with E-state index in [1.807, 2.05) is 6.92 Å². The van der Waals surface area contributed by atoms with Crippen molar-refractivity contribution in [3.8, 4) is 0 Å². The number of aromatic nitrogens is 2. The third-order valence-corrected chi connectivity index (χ3v) is 2.88. The van der Waals surface area contributed by atoms with Gasteiger partial charge >= 0.3 is 6.18 Å². The minimum Gasteiger partial charge on any atom is -0.305 e. The highest BCUT2D eigenvalue weighted by atomic mass is 19.4. The molecule has 0 bridgehead atoms. The third kappa shape index (κ3) is 3.33. The fraction of sp³-hybridized carbons (Fsp3) is 0.286. The Morgan fingerprint density at radius 1 is 1.15 bits per heavy atom. The van der Waals surface area contributed by atoms with Crippen LogP contribution in [0.1, 0.15) is 29.8 Å². The lowest BCUT2D eigenvalue weighted by Crippen LogP contribution is -2.23. The summed E-state index contributed by atoms with van der Waals surface area (Å²) in [5.41, 5.74) is 0.805. The van der Waals surface area contributed by atoms with E-state index in [-0.39, 0.29) is 6.04 Å². The molecule has 2 aromatic rings. The first-order chi connectivity index (χ1) is 9.52. The van der Waals surface area contributed by atoms with Gasteiger partial charge in [-0.1, -0.05) is 19.1 Å². The highest BCUT2D eigenvalue weighted by Gasteiger charge is 2.30. The molecule has 1 aromatic heterocycles. The number of benzene rings is 1. The van der Waals surface area contributed by atoms with E-state index >= 15 is 0 Å². The van der Waals surface area contributed by atoms with Gasteiger partial charge in [0.25, 0.3) is 0 Å². The predicted octanol–water partition coefficient (Wildman–Crippen LogP) is 3.19. The Morgan fingerprint density at radius 2 is 1.85 bits per heavy atom. The van der Waals surface area contributed by atoms with E-state index in [0.29, 0.717) is 6.54 Å². The maximum atomic E-state index is 12.6. The molecule has 6 heteroatoms. The van der Waals surface area contributed by atoms with Crippen molar-refractivity contribution in [2.24, 2.45) is 0 Å². The van der Waals surface area contributed by atoms with Gasteiger partial charge in [-0.25, -0.2) is 9.97 Å². The highest BCUT2D eigenvalue weighted by molar-refractivity contribution is 5.31. The number of hydrogen-bond acceptors (Lipinski definition) is 3. The average molecular weight is 281 g/mol. The number of halogens is 3. The average Bonchev–Trinajstić information content (AvgIpc) is 2.45. The SMILES string of the molecule is CCNC(c1ccc(C(F)(F)F)cc1)c1ccncn1. The van der Waals surface area contributed by atoms with Crippen LogP contribution in [-0.4, -0.2) is 16.5 Å². The van der Waals surface area contributed by atoms with Gasteiger partial charge in [0.05, 0.1) is 17.3 Å². The molecule has 1 heterocycles. The molecule has 0 radical (unpaired) electrons. The molecule has 1 N–H and O–H groups in total. The Morgan fingerprint density at radius 3 is 2.35 bits per heavy atom. The quantitative estimate of drug-likeness (QED) is 0.935. The van der Waals surface area contributed by atoms with E-state index in [0.717, 1.165) is 23.4 Å². The summed E-state index contributed by atoms with van der Waals surface area (Å²) in [6.45, 7) is 2.61. The van der Waals surface area contributed by atoms with E-state index in [1.54, 1.807) is 12.3 Å². The molecule has 0 amide bonds. The van der Waals surface area contributed by atoms with Crippen molar-refractivity contribution in [1.82, 2.24) is 15.3 Å². The molecule has 0 aliphatic rings. The summed E-state index contributed by atoms with van der Waals surface area (Å²) in [5, 5.41) is 3.20. The summed E-state index contributed by atoms with van der Waals surface area (Å²) in [7, 11) is 0. The Balaban J connectivity index is 2.31. The van der Waals surface area contributed by atoms with Gasteiger partial charge in [-0.15, -0.1) is 0 Å². The second kappa shape index (κ2) is 6.00. The van der Waals surface area contributed by atoms with Crippen LogP contribution in [0.25, 0.3) is 0 Å². The van der Waals surface area contributed by atoms with Crippen LogP contribution in [0.4, 0.5) is 13.2 Å². The predicted molar refractivity (Wildman–Crippen MR) is 69.0 cm³/mol. The van der Waals surface area contributed by atoms with Gasteiger partial charge in [0.1, 0.15) is 6.33 Å². The van der Waals surface area contributed by atoms with Crippen molar-refractivity contribution in [2.45, 2.75) is 19.1 Å². The molecule has 1 atom stereocenters. The summed E-state index contributed by atoms with van der Waals surface area (Å²) >= 11 is 0. The largest absolute Gasteiger partial charge is 0.416 e. The topological polar surface area (TPSA) is 37.8 Å². The Hall–Kier alpha value is -1.95. The van der Waals surface area contributed by atoms with Gasteiger partial charge in [0, 0.05) is 6.20 Å². The van der Waals surface area contributed by atoms with E-state index in [9.17, 15) is 13.2 Å². The van der Waals surface area contributed by atoms with E-state index in [2.05, 4.69) is 15.3 Å². The highest BCUT2D eigenvalue weighted by Crippen LogP contribution is 2.30. The van der Waals surface area contributed by atoms with Gasteiger partial charge in [-0.2, -0.15) is 13.2 Å². The lowest BCUT2D eigenvalue weighted by molar-refractivity contribution is -0.137. The van der Waals surface area contributed by atoms with Crippen LogP contribution in [0.3, 0.4) is 0 Å². The standard InChI is InChI=1S/C14H14F3N3/c1-2-19-13(12-7-8-18-9-20-12)10-3-5-11(6-4-10)14(15,16)17/h3-9,13,19H,2H2,1H3. The zero-order chi connectivity index (χ0) is 14.6. The van der Waals surface area contributed by atoms with Gasteiger partial charge in [-0.3, -0.25) is 0 Å². The molecule has 0 saturated heterocycles. The second-order valence-corrected chi connectivity index (χ2v) is 4.24. The van der Waals surface area contributed by atoms with Gasteiger partial charge < -0.3 is 5.32 Å². The van der Waals surface area contributed by atoms with Crippen molar-refractivity contribution in [2.75, 3.05) is 6.54 Å². The third-order valence-electron chi connectivity index (χ3n) is 2.88. The van der Waals surface area contributed by atoms with Crippen LogP contribution in [0, 0.1) is 0 Å². The fourth-order valence-electron chi connectivity index (χ4n) is 1.93. The van der Waals surface area contributed by atoms with Crippen molar-refractivity contribution in [1.29, 1.82) is 0 Å². The van der Waals surface area contributed by atoms with Crippen molar-refractivity contribution >= 4 is 0 Å². The first-order valence-corrected chi connectivity index (χ1v) is 6.19. The zero-order valence-corrected chi connectivity index (χ0v) is 10.9.